The number of nitriles is 1. The van der Waals surface area contributed by atoms with Gasteiger partial charge in [0, 0.05) is 11.9 Å². The van der Waals surface area contributed by atoms with Crippen LogP contribution >= 0.6 is 0 Å². The fourth-order valence-corrected chi connectivity index (χ4v) is 1.59. The molecule has 3 nitrogen and oxygen atoms in total. The average Bonchev–Trinajstić information content (AvgIpc) is 2.35. The number of hydrogen-bond donors (Lipinski definition) is 1. The Balaban J connectivity index is 2.32. The summed E-state index contributed by atoms with van der Waals surface area (Å²) in [6.07, 6.45) is 1.63. The normalized spacial score (nSPS) is 9.71. The Kier molecular flexibility index (Phi) is 3.06. The molecule has 1 aromatic carbocycles. The second-order valence-electron chi connectivity index (χ2n) is 3.91. The van der Waals surface area contributed by atoms with E-state index in [2.05, 4.69) is 36.3 Å². The molecule has 84 valence electrons. The van der Waals surface area contributed by atoms with Gasteiger partial charge in [0.05, 0.1) is 11.6 Å². The SMILES string of the molecule is Cc1cccc(Nc2cc(C#N)ccn2)c1C. The first kappa shape index (κ1) is 11.2. The van der Waals surface area contributed by atoms with Crippen molar-refractivity contribution in [3.05, 3.63) is 53.2 Å². The quantitative estimate of drug-likeness (QED) is 0.849. The Hall–Kier alpha value is -2.34. The van der Waals surface area contributed by atoms with Crippen LogP contribution in [0.25, 0.3) is 0 Å². The second-order valence-corrected chi connectivity index (χ2v) is 3.91. The lowest BCUT2D eigenvalue weighted by atomic mass is 10.1. The van der Waals surface area contributed by atoms with Crippen LogP contribution in [0.1, 0.15) is 16.7 Å². The molecule has 0 saturated carbocycles. The highest BCUT2D eigenvalue weighted by Gasteiger charge is 2.02. The number of nitrogens with one attached hydrogen (secondary N) is 1. The maximum absolute atomic E-state index is 8.82. The predicted octanol–water partition coefficient (Wildman–Crippen LogP) is 3.31. The topological polar surface area (TPSA) is 48.7 Å². The third kappa shape index (κ3) is 2.43. The maximum Gasteiger partial charge on any atom is 0.131 e. The van der Waals surface area contributed by atoms with Gasteiger partial charge >= 0.3 is 0 Å². The zero-order valence-electron chi connectivity index (χ0n) is 9.86. The number of anilines is 2. The van der Waals surface area contributed by atoms with Crippen molar-refractivity contribution in [2.75, 3.05) is 5.32 Å². The fourth-order valence-electron chi connectivity index (χ4n) is 1.59. The molecule has 2 aromatic rings. The maximum atomic E-state index is 8.82. The number of benzene rings is 1. The molecule has 0 atom stereocenters. The molecule has 1 aromatic heterocycles. The number of aryl methyl sites for hydroxylation is 1. The molecule has 0 spiro atoms. The summed E-state index contributed by atoms with van der Waals surface area (Å²) in [5.41, 5.74) is 4.04. The van der Waals surface area contributed by atoms with Gasteiger partial charge in [-0.2, -0.15) is 5.26 Å². The number of hydrogen-bond acceptors (Lipinski definition) is 3. The van der Waals surface area contributed by atoms with Crippen molar-refractivity contribution >= 4 is 11.5 Å². The highest BCUT2D eigenvalue weighted by Crippen LogP contribution is 2.21. The van der Waals surface area contributed by atoms with Crippen LogP contribution < -0.4 is 5.32 Å². The van der Waals surface area contributed by atoms with Gasteiger partial charge < -0.3 is 5.32 Å². The minimum Gasteiger partial charge on any atom is -0.340 e. The zero-order valence-corrected chi connectivity index (χ0v) is 9.86. The third-order valence-corrected chi connectivity index (χ3v) is 2.76. The number of nitrogens with zero attached hydrogens (tertiary/aromatic N) is 2. The lowest BCUT2D eigenvalue weighted by Crippen LogP contribution is -1.97. The largest absolute Gasteiger partial charge is 0.340 e. The highest BCUT2D eigenvalue weighted by atomic mass is 15.0. The fraction of sp³-hybridized carbons (Fsp3) is 0.143. The first-order valence-electron chi connectivity index (χ1n) is 5.40. The Morgan fingerprint density at radius 1 is 1.24 bits per heavy atom. The van der Waals surface area contributed by atoms with E-state index in [9.17, 15) is 0 Å². The van der Waals surface area contributed by atoms with Crippen LogP contribution in [-0.4, -0.2) is 4.98 Å². The number of pyridine rings is 1. The molecule has 1 N–H and O–H groups in total. The molecule has 0 amide bonds. The Bertz CT molecular complexity index is 582. The van der Waals surface area contributed by atoms with Crippen molar-refractivity contribution in [3.63, 3.8) is 0 Å². The minimum absolute atomic E-state index is 0.604. The summed E-state index contributed by atoms with van der Waals surface area (Å²) in [5.74, 6) is 0.692. The van der Waals surface area contributed by atoms with Crippen LogP contribution in [0.3, 0.4) is 0 Å². The standard InChI is InChI=1S/C14H13N3/c1-10-4-3-5-13(11(10)2)17-14-8-12(9-15)6-7-16-14/h3-8H,1-2H3,(H,16,17). The first-order valence-corrected chi connectivity index (χ1v) is 5.40. The molecule has 2 rings (SSSR count). The predicted molar refractivity (Wildman–Crippen MR) is 68.2 cm³/mol. The summed E-state index contributed by atoms with van der Waals surface area (Å²) in [6.45, 7) is 4.13. The van der Waals surface area contributed by atoms with Gasteiger partial charge in [-0.3, -0.25) is 0 Å². The summed E-state index contributed by atoms with van der Waals surface area (Å²) in [7, 11) is 0. The molecule has 1 heterocycles. The van der Waals surface area contributed by atoms with E-state index in [4.69, 9.17) is 5.26 Å². The van der Waals surface area contributed by atoms with Crippen molar-refractivity contribution < 1.29 is 0 Å². The zero-order chi connectivity index (χ0) is 12.3. The molecule has 0 fully saturated rings. The van der Waals surface area contributed by atoms with Gasteiger partial charge in [-0.1, -0.05) is 12.1 Å². The smallest absolute Gasteiger partial charge is 0.131 e. The molecule has 0 aliphatic carbocycles. The van der Waals surface area contributed by atoms with Crippen molar-refractivity contribution in [1.82, 2.24) is 4.98 Å². The third-order valence-electron chi connectivity index (χ3n) is 2.76. The van der Waals surface area contributed by atoms with E-state index in [1.165, 1.54) is 11.1 Å². The van der Waals surface area contributed by atoms with Crippen LogP contribution in [0, 0.1) is 25.2 Å². The lowest BCUT2D eigenvalue weighted by Gasteiger charge is -2.10. The van der Waals surface area contributed by atoms with Crippen LogP contribution in [0.4, 0.5) is 11.5 Å². The van der Waals surface area contributed by atoms with Gasteiger partial charge in [-0.05, 0) is 43.2 Å². The van der Waals surface area contributed by atoms with Crippen molar-refractivity contribution in [2.45, 2.75) is 13.8 Å². The van der Waals surface area contributed by atoms with E-state index in [-0.39, 0.29) is 0 Å². The minimum atomic E-state index is 0.604. The van der Waals surface area contributed by atoms with Crippen molar-refractivity contribution in [3.8, 4) is 6.07 Å². The second kappa shape index (κ2) is 4.67. The van der Waals surface area contributed by atoms with E-state index in [0.29, 0.717) is 11.4 Å². The van der Waals surface area contributed by atoms with E-state index in [1.54, 1.807) is 18.3 Å². The van der Waals surface area contributed by atoms with Gasteiger partial charge in [-0.25, -0.2) is 4.98 Å². The molecular weight excluding hydrogens is 210 g/mol. The lowest BCUT2D eigenvalue weighted by molar-refractivity contribution is 1.27. The van der Waals surface area contributed by atoms with Crippen LogP contribution in [0.2, 0.25) is 0 Å². The van der Waals surface area contributed by atoms with E-state index >= 15 is 0 Å². The van der Waals surface area contributed by atoms with Gasteiger partial charge in [0.1, 0.15) is 5.82 Å². The van der Waals surface area contributed by atoms with E-state index < -0.39 is 0 Å². The van der Waals surface area contributed by atoms with Crippen molar-refractivity contribution in [2.24, 2.45) is 0 Å². The van der Waals surface area contributed by atoms with E-state index in [0.717, 1.165) is 5.69 Å². The number of aromatic nitrogens is 1. The van der Waals surface area contributed by atoms with Gasteiger partial charge in [0.2, 0.25) is 0 Å². The summed E-state index contributed by atoms with van der Waals surface area (Å²) in [4.78, 5) is 4.19. The summed E-state index contributed by atoms with van der Waals surface area (Å²) in [5, 5.41) is 12.0. The van der Waals surface area contributed by atoms with Crippen LogP contribution in [0.5, 0.6) is 0 Å². The number of rotatable bonds is 2. The summed E-state index contributed by atoms with van der Waals surface area (Å²) in [6, 6.07) is 11.6. The molecule has 0 unspecified atom stereocenters. The van der Waals surface area contributed by atoms with Gasteiger partial charge in [0.15, 0.2) is 0 Å². The molecule has 0 aliphatic heterocycles. The molecule has 0 saturated heterocycles. The van der Waals surface area contributed by atoms with E-state index in [1.807, 2.05) is 12.1 Å². The molecular formula is C14H13N3. The van der Waals surface area contributed by atoms with Crippen LogP contribution in [0.15, 0.2) is 36.5 Å². The Morgan fingerprint density at radius 2 is 2.06 bits per heavy atom. The summed E-state index contributed by atoms with van der Waals surface area (Å²) >= 11 is 0. The molecule has 0 aliphatic rings. The molecule has 3 heteroatoms. The first-order chi connectivity index (χ1) is 8.20. The highest BCUT2D eigenvalue weighted by molar-refractivity contribution is 5.62. The monoisotopic (exact) mass is 223 g/mol. The molecule has 0 radical (unpaired) electrons. The van der Waals surface area contributed by atoms with Crippen molar-refractivity contribution in [1.29, 1.82) is 5.26 Å². The molecule has 17 heavy (non-hydrogen) atoms. The summed E-state index contributed by atoms with van der Waals surface area (Å²) < 4.78 is 0. The Morgan fingerprint density at radius 3 is 2.82 bits per heavy atom. The Labute approximate surface area is 101 Å². The van der Waals surface area contributed by atoms with Crippen LogP contribution in [-0.2, 0) is 0 Å². The average molecular weight is 223 g/mol. The van der Waals surface area contributed by atoms with Gasteiger partial charge in [-0.15, -0.1) is 0 Å². The van der Waals surface area contributed by atoms with Gasteiger partial charge in [0.25, 0.3) is 0 Å². The molecule has 0 bridgehead atoms.